The predicted molar refractivity (Wildman–Crippen MR) is 76.5 cm³/mol. The average molecular weight is 258 g/mol. The summed E-state index contributed by atoms with van der Waals surface area (Å²) < 4.78 is 0. The van der Waals surface area contributed by atoms with Gasteiger partial charge in [0.2, 0.25) is 5.91 Å². The molecule has 3 nitrogen and oxygen atoms in total. The number of hydrogen-bond donors (Lipinski definition) is 0. The third-order valence-electron chi connectivity index (χ3n) is 3.59. The Labute approximate surface area is 115 Å². The number of nitrogens with zero attached hydrogens (tertiary/aromatic N) is 2. The first-order valence-electron chi connectivity index (χ1n) is 6.56. The first kappa shape index (κ1) is 15.2. The standard InChI is InChI=1S/C16H22N2O/c1-13(10-11-17)18(4)15(19)12-16(2,3)14-8-6-5-7-9-14/h5-9,13H,10,12H2,1-4H3/t13-/m0/s1. The topological polar surface area (TPSA) is 44.1 Å². The zero-order valence-electron chi connectivity index (χ0n) is 12.2. The van der Waals surface area contributed by atoms with Crippen LogP contribution in [0, 0.1) is 11.3 Å². The summed E-state index contributed by atoms with van der Waals surface area (Å²) in [5.74, 6) is 0.0802. The van der Waals surface area contributed by atoms with Crippen molar-refractivity contribution in [2.75, 3.05) is 7.05 Å². The van der Waals surface area contributed by atoms with Crippen LogP contribution in [-0.2, 0) is 10.2 Å². The van der Waals surface area contributed by atoms with Crippen LogP contribution in [-0.4, -0.2) is 23.9 Å². The number of benzene rings is 1. The zero-order chi connectivity index (χ0) is 14.5. The van der Waals surface area contributed by atoms with Crippen LogP contribution in [0.4, 0.5) is 0 Å². The quantitative estimate of drug-likeness (QED) is 0.814. The minimum Gasteiger partial charge on any atom is -0.342 e. The Hall–Kier alpha value is -1.82. The van der Waals surface area contributed by atoms with Crippen LogP contribution in [0.1, 0.15) is 39.2 Å². The third-order valence-corrected chi connectivity index (χ3v) is 3.59. The van der Waals surface area contributed by atoms with E-state index in [-0.39, 0.29) is 17.4 Å². The maximum Gasteiger partial charge on any atom is 0.223 e. The number of nitriles is 1. The van der Waals surface area contributed by atoms with Crippen molar-refractivity contribution in [3.8, 4) is 6.07 Å². The van der Waals surface area contributed by atoms with E-state index in [1.165, 1.54) is 0 Å². The van der Waals surface area contributed by atoms with Crippen LogP contribution < -0.4 is 0 Å². The Morgan fingerprint density at radius 3 is 2.47 bits per heavy atom. The van der Waals surface area contributed by atoms with Gasteiger partial charge in [0, 0.05) is 19.5 Å². The van der Waals surface area contributed by atoms with Gasteiger partial charge in [0.05, 0.1) is 12.5 Å². The molecule has 0 aliphatic carbocycles. The summed E-state index contributed by atoms with van der Waals surface area (Å²) in [5, 5.41) is 8.69. The van der Waals surface area contributed by atoms with Crippen LogP contribution in [0.15, 0.2) is 30.3 Å². The first-order valence-corrected chi connectivity index (χ1v) is 6.56. The Morgan fingerprint density at radius 2 is 1.95 bits per heavy atom. The van der Waals surface area contributed by atoms with Crippen molar-refractivity contribution in [3.63, 3.8) is 0 Å². The molecule has 0 bridgehead atoms. The van der Waals surface area contributed by atoms with E-state index in [1.54, 1.807) is 11.9 Å². The van der Waals surface area contributed by atoms with E-state index in [9.17, 15) is 4.79 Å². The number of hydrogen-bond acceptors (Lipinski definition) is 2. The molecule has 1 amide bonds. The van der Waals surface area contributed by atoms with Crippen LogP contribution in [0.25, 0.3) is 0 Å². The molecule has 3 heteroatoms. The van der Waals surface area contributed by atoms with Crippen molar-refractivity contribution >= 4 is 5.91 Å². The van der Waals surface area contributed by atoms with Gasteiger partial charge in [0.15, 0.2) is 0 Å². The number of amides is 1. The number of carbonyl (C=O) groups is 1. The normalized spacial score (nSPS) is 12.6. The van der Waals surface area contributed by atoms with E-state index in [1.807, 2.05) is 37.3 Å². The summed E-state index contributed by atoms with van der Waals surface area (Å²) in [6.07, 6.45) is 0.817. The highest BCUT2D eigenvalue weighted by atomic mass is 16.2. The summed E-state index contributed by atoms with van der Waals surface area (Å²) in [7, 11) is 1.77. The molecule has 1 atom stereocenters. The Morgan fingerprint density at radius 1 is 1.37 bits per heavy atom. The minimum absolute atomic E-state index is 0.0379. The van der Waals surface area contributed by atoms with Crippen molar-refractivity contribution in [2.24, 2.45) is 0 Å². The summed E-state index contributed by atoms with van der Waals surface area (Å²) in [6.45, 7) is 6.04. The first-order chi connectivity index (χ1) is 8.88. The molecule has 0 fully saturated rings. The summed E-state index contributed by atoms with van der Waals surface area (Å²) in [4.78, 5) is 13.9. The fraction of sp³-hybridized carbons (Fsp3) is 0.500. The van der Waals surface area contributed by atoms with Crippen LogP contribution in [0.3, 0.4) is 0 Å². The van der Waals surface area contributed by atoms with E-state index >= 15 is 0 Å². The second-order valence-corrected chi connectivity index (χ2v) is 5.64. The third kappa shape index (κ3) is 4.10. The smallest absolute Gasteiger partial charge is 0.223 e. The molecule has 0 saturated heterocycles. The highest BCUT2D eigenvalue weighted by Crippen LogP contribution is 2.27. The molecule has 19 heavy (non-hydrogen) atoms. The van der Waals surface area contributed by atoms with Gasteiger partial charge in [-0.25, -0.2) is 0 Å². The minimum atomic E-state index is -0.195. The van der Waals surface area contributed by atoms with Gasteiger partial charge in [0.25, 0.3) is 0 Å². The van der Waals surface area contributed by atoms with E-state index in [4.69, 9.17) is 5.26 Å². The molecule has 1 rings (SSSR count). The molecule has 0 saturated carbocycles. The van der Waals surface area contributed by atoms with Crippen LogP contribution >= 0.6 is 0 Å². The van der Waals surface area contributed by atoms with Crippen LogP contribution in [0.2, 0.25) is 0 Å². The summed E-state index contributed by atoms with van der Waals surface area (Å²) >= 11 is 0. The van der Waals surface area contributed by atoms with Gasteiger partial charge < -0.3 is 4.90 Å². The molecule has 1 aromatic rings. The fourth-order valence-electron chi connectivity index (χ4n) is 2.01. The van der Waals surface area contributed by atoms with Gasteiger partial charge in [-0.15, -0.1) is 0 Å². The highest BCUT2D eigenvalue weighted by Gasteiger charge is 2.27. The Bertz CT molecular complexity index is 459. The molecular weight excluding hydrogens is 236 g/mol. The molecule has 0 aliphatic rings. The molecule has 1 aromatic carbocycles. The van der Waals surface area contributed by atoms with Crippen molar-refractivity contribution in [1.29, 1.82) is 5.26 Å². The molecule has 0 radical (unpaired) electrons. The van der Waals surface area contributed by atoms with E-state index in [2.05, 4.69) is 19.9 Å². The largest absolute Gasteiger partial charge is 0.342 e. The van der Waals surface area contributed by atoms with Crippen molar-refractivity contribution in [1.82, 2.24) is 4.90 Å². The van der Waals surface area contributed by atoms with Crippen LogP contribution in [0.5, 0.6) is 0 Å². The van der Waals surface area contributed by atoms with Crippen molar-refractivity contribution in [3.05, 3.63) is 35.9 Å². The van der Waals surface area contributed by atoms with Gasteiger partial charge in [-0.05, 0) is 17.9 Å². The van der Waals surface area contributed by atoms with Gasteiger partial charge in [-0.1, -0.05) is 44.2 Å². The molecule has 0 N–H and O–H groups in total. The van der Waals surface area contributed by atoms with Gasteiger partial charge in [0.1, 0.15) is 0 Å². The fourth-order valence-corrected chi connectivity index (χ4v) is 2.01. The number of rotatable bonds is 5. The Kier molecular flexibility index (Phi) is 5.11. The molecule has 0 spiro atoms. The lowest BCUT2D eigenvalue weighted by atomic mass is 9.81. The SMILES string of the molecule is C[C@@H](CC#N)N(C)C(=O)CC(C)(C)c1ccccc1. The lowest BCUT2D eigenvalue weighted by molar-refractivity contribution is -0.132. The lowest BCUT2D eigenvalue weighted by Crippen LogP contribution is -2.38. The van der Waals surface area contributed by atoms with Crippen molar-refractivity contribution < 1.29 is 4.79 Å². The van der Waals surface area contributed by atoms with Gasteiger partial charge in [-0.3, -0.25) is 4.79 Å². The highest BCUT2D eigenvalue weighted by molar-refractivity contribution is 5.77. The molecule has 0 unspecified atom stereocenters. The summed E-state index contributed by atoms with van der Waals surface area (Å²) in [5.41, 5.74) is 0.962. The average Bonchev–Trinajstić information content (AvgIpc) is 2.38. The predicted octanol–water partition coefficient (Wildman–Crippen LogP) is 3.11. The molecule has 102 valence electrons. The maximum atomic E-state index is 12.3. The molecule has 0 heterocycles. The Balaban J connectivity index is 2.74. The van der Waals surface area contributed by atoms with Gasteiger partial charge >= 0.3 is 0 Å². The van der Waals surface area contributed by atoms with Gasteiger partial charge in [-0.2, -0.15) is 5.26 Å². The molecule has 0 aromatic heterocycles. The van der Waals surface area contributed by atoms with E-state index < -0.39 is 0 Å². The zero-order valence-corrected chi connectivity index (χ0v) is 12.2. The molecule has 0 aliphatic heterocycles. The van der Waals surface area contributed by atoms with Crippen molar-refractivity contribution in [2.45, 2.75) is 45.1 Å². The maximum absolute atomic E-state index is 12.3. The second-order valence-electron chi connectivity index (χ2n) is 5.64. The molecular formula is C16H22N2O. The summed E-state index contributed by atoms with van der Waals surface area (Å²) in [6, 6.07) is 12.1. The van der Waals surface area contributed by atoms with E-state index in [0.29, 0.717) is 12.8 Å². The second kappa shape index (κ2) is 6.38. The van der Waals surface area contributed by atoms with E-state index in [0.717, 1.165) is 5.56 Å². The lowest BCUT2D eigenvalue weighted by Gasteiger charge is -2.30. The number of carbonyl (C=O) groups excluding carboxylic acids is 1. The monoisotopic (exact) mass is 258 g/mol.